The lowest BCUT2D eigenvalue weighted by Crippen LogP contribution is -2.10. The Labute approximate surface area is 95.1 Å². The van der Waals surface area contributed by atoms with Crippen molar-refractivity contribution in [3.8, 4) is 0 Å². The molecular formula is C13H17NO2. The summed E-state index contributed by atoms with van der Waals surface area (Å²) in [5.41, 5.74) is 2.70. The minimum absolute atomic E-state index is 0.0733. The summed E-state index contributed by atoms with van der Waals surface area (Å²) in [5.74, 6) is 0.753. The van der Waals surface area contributed by atoms with Crippen molar-refractivity contribution >= 4 is 11.1 Å². The Hall–Kier alpha value is -1.35. The molecule has 2 rings (SSSR count). The average molecular weight is 219 g/mol. The van der Waals surface area contributed by atoms with Crippen molar-refractivity contribution in [1.29, 1.82) is 0 Å². The monoisotopic (exact) mass is 219 g/mol. The van der Waals surface area contributed by atoms with Crippen molar-refractivity contribution in [3.05, 3.63) is 29.7 Å². The highest BCUT2D eigenvalue weighted by molar-refractivity contribution is 5.73. The standard InChI is InChI=1S/C13H17NO2/c1-13(2,3)12-14-10-8-9(6-7-15)4-5-11(10)16-12/h4-5,8,15H,6-7H2,1-3H3. The lowest BCUT2D eigenvalue weighted by molar-refractivity contribution is 0.299. The number of oxazole rings is 1. The smallest absolute Gasteiger partial charge is 0.200 e. The molecule has 0 bridgehead atoms. The highest BCUT2D eigenvalue weighted by Gasteiger charge is 2.20. The Bertz CT molecular complexity index is 494. The summed E-state index contributed by atoms with van der Waals surface area (Å²) >= 11 is 0. The van der Waals surface area contributed by atoms with E-state index >= 15 is 0 Å². The molecule has 16 heavy (non-hydrogen) atoms. The maximum Gasteiger partial charge on any atom is 0.200 e. The quantitative estimate of drug-likeness (QED) is 0.844. The Kier molecular flexibility index (Phi) is 2.72. The zero-order chi connectivity index (χ0) is 11.8. The first-order valence-electron chi connectivity index (χ1n) is 5.51. The lowest BCUT2D eigenvalue weighted by Gasteiger charge is -2.11. The Morgan fingerprint density at radius 2 is 2.06 bits per heavy atom. The maximum atomic E-state index is 8.88. The number of rotatable bonds is 2. The maximum absolute atomic E-state index is 8.88. The van der Waals surface area contributed by atoms with Crippen molar-refractivity contribution in [2.75, 3.05) is 6.61 Å². The number of aliphatic hydroxyl groups is 1. The molecule has 0 saturated carbocycles. The molecule has 0 atom stereocenters. The number of aromatic nitrogens is 1. The van der Waals surface area contributed by atoms with Crippen LogP contribution in [0.25, 0.3) is 11.1 Å². The summed E-state index contributed by atoms with van der Waals surface area (Å²) in [6.45, 7) is 6.39. The van der Waals surface area contributed by atoms with Gasteiger partial charge in [-0.3, -0.25) is 0 Å². The van der Waals surface area contributed by atoms with Gasteiger partial charge in [-0.2, -0.15) is 0 Å². The van der Waals surface area contributed by atoms with Gasteiger partial charge in [0.2, 0.25) is 5.89 Å². The van der Waals surface area contributed by atoms with Crippen molar-refractivity contribution in [2.45, 2.75) is 32.6 Å². The first-order valence-corrected chi connectivity index (χ1v) is 5.51. The molecule has 2 aromatic rings. The van der Waals surface area contributed by atoms with E-state index in [0.717, 1.165) is 22.6 Å². The first-order chi connectivity index (χ1) is 7.50. The fraction of sp³-hybridized carbons (Fsp3) is 0.462. The second-order valence-corrected chi connectivity index (χ2v) is 5.04. The number of benzene rings is 1. The van der Waals surface area contributed by atoms with E-state index in [0.29, 0.717) is 6.42 Å². The van der Waals surface area contributed by atoms with Gasteiger partial charge in [-0.15, -0.1) is 0 Å². The molecule has 0 radical (unpaired) electrons. The number of hydrogen-bond donors (Lipinski definition) is 1. The van der Waals surface area contributed by atoms with E-state index in [9.17, 15) is 0 Å². The fourth-order valence-electron chi connectivity index (χ4n) is 1.58. The molecule has 3 nitrogen and oxygen atoms in total. The number of nitrogens with zero attached hydrogens (tertiary/aromatic N) is 1. The molecule has 0 unspecified atom stereocenters. The van der Waals surface area contributed by atoms with Crippen LogP contribution in [0.5, 0.6) is 0 Å². The van der Waals surface area contributed by atoms with Crippen molar-refractivity contribution in [1.82, 2.24) is 4.98 Å². The molecule has 1 heterocycles. The molecule has 0 amide bonds. The Morgan fingerprint density at radius 1 is 1.31 bits per heavy atom. The number of aliphatic hydroxyl groups excluding tert-OH is 1. The molecule has 1 aromatic carbocycles. The van der Waals surface area contributed by atoms with E-state index < -0.39 is 0 Å². The van der Waals surface area contributed by atoms with Gasteiger partial charge in [0.05, 0.1) is 0 Å². The largest absolute Gasteiger partial charge is 0.440 e. The Morgan fingerprint density at radius 3 is 2.69 bits per heavy atom. The van der Waals surface area contributed by atoms with Gasteiger partial charge in [0.15, 0.2) is 5.58 Å². The van der Waals surface area contributed by atoms with E-state index in [4.69, 9.17) is 9.52 Å². The summed E-state index contributed by atoms with van der Waals surface area (Å²) in [5, 5.41) is 8.88. The van der Waals surface area contributed by atoms with E-state index in [1.54, 1.807) is 0 Å². The van der Waals surface area contributed by atoms with Crippen LogP contribution in [0.2, 0.25) is 0 Å². The average Bonchev–Trinajstić information content (AvgIpc) is 2.60. The van der Waals surface area contributed by atoms with E-state index in [-0.39, 0.29) is 12.0 Å². The molecule has 0 aliphatic rings. The van der Waals surface area contributed by atoms with E-state index in [2.05, 4.69) is 25.8 Å². The molecule has 0 aliphatic carbocycles. The zero-order valence-corrected chi connectivity index (χ0v) is 9.95. The fourth-order valence-corrected chi connectivity index (χ4v) is 1.58. The molecule has 3 heteroatoms. The summed E-state index contributed by atoms with van der Waals surface area (Å²) < 4.78 is 5.69. The second kappa shape index (κ2) is 3.91. The van der Waals surface area contributed by atoms with Gasteiger partial charge in [-0.05, 0) is 24.1 Å². The zero-order valence-electron chi connectivity index (χ0n) is 9.95. The first kappa shape index (κ1) is 11.1. The van der Waals surface area contributed by atoms with Gasteiger partial charge in [0.25, 0.3) is 0 Å². The van der Waals surface area contributed by atoms with Gasteiger partial charge in [-0.1, -0.05) is 26.8 Å². The van der Waals surface area contributed by atoms with Crippen molar-refractivity contribution in [3.63, 3.8) is 0 Å². The third-order valence-electron chi connectivity index (χ3n) is 2.49. The van der Waals surface area contributed by atoms with Crippen LogP contribution in [0.1, 0.15) is 32.2 Å². The second-order valence-electron chi connectivity index (χ2n) is 5.04. The lowest BCUT2D eigenvalue weighted by atomic mass is 9.97. The van der Waals surface area contributed by atoms with Crippen LogP contribution in [-0.2, 0) is 11.8 Å². The van der Waals surface area contributed by atoms with Crippen LogP contribution in [0, 0.1) is 0 Å². The van der Waals surface area contributed by atoms with Gasteiger partial charge < -0.3 is 9.52 Å². The highest BCUT2D eigenvalue weighted by atomic mass is 16.3. The minimum atomic E-state index is -0.0733. The summed E-state index contributed by atoms with van der Waals surface area (Å²) in [6.07, 6.45) is 0.660. The van der Waals surface area contributed by atoms with Gasteiger partial charge in [0, 0.05) is 12.0 Å². The molecule has 0 saturated heterocycles. The van der Waals surface area contributed by atoms with Crippen LogP contribution in [0.4, 0.5) is 0 Å². The van der Waals surface area contributed by atoms with Crippen molar-refractivity contribution < 1.29 is 9.52 Å². The Balaban J connectivity index is 2.46. The predicted octanol–water partition coefficient (Wildman–Crippen LogP) is 2.66. The summed E-state index contributed by atoms with van der Waals surface area (Å²) in [6, 6.07) is 5.86. The number of hydrogen-bond acceptors (Lipinski definition) is 3. The number of fused-ring (bicyclic) bond motifs is 1. The molecule has 0 fully saturated rings. The van der Waals surface area contributed by atoms with Gasteiger partial charge in [0.1, 0.15) is 5.52 Å². The SMILES string of the molecule is CC(C)(C)c1nc2cc(CCO)ccc2o1. The van der Waals surface area contributed by atoms with Crippen LogP contribution in [-0.4, -0.2) is 16.7 Å². The van der Waals surface area contributed by atoms with Gasteiger partial charge >= 0.3 is 0 Å². The summed E-state index contributed by atoms with van der Waals surface area (Å²) in [4.78, 5) is 4.48. The molecule has 86 valence electrons. The molecule has 1 N–H and O–H groups in total. The van der Waals surface area contributed by atoms with E-state index in [1.807, 2.05) is 18.2 Å². The van der Waals surface area contributed by atoms with Crippen LogP contribution in [0.15, 0.2) is 22.6 Å². The van der Waals surface area contributed by atoms with Crippen molar-refractivity contribution in [2.24, 2.45) is 0 Å². The van der Waals surface area contributed by atoms with Gasteiger partial charge in [-0.25, -0.2) is 4.98 Å². The predicted molar refractivity (Wildman–Crippen MR) is 63.5 cm³/mol. The topological polar surface area (TPSA) is 46.3 Å². The molecule has 0 aliphatic heterocycles. The molecular weight excluding hydrogens is 202 g/mol. The third-order valence-corrected chi connectivity index (χ3v) is 2.49. The normalized spacial score (nSPS) is 12.2. The van der Waals surface area contributed by atoms with Crippen LogP contribution in [0.3, 0.4) is 0 Å². The molecule has 0 spiro atoms. The van der Waals surface area contributed by atoms with Crippen LogP contribution < -0.4 is 0 Å². The highest BCUT2D eigenvalue weighted by Crippen LogP contribution is 2.26. The van der Waals surface area contributed by atoms with Crippen LogP contribution >= 0.6 is 0 Å². The molecule has 1 aromatic heterocycles. The minimum Gasteiger partial charge on any atom is -0.440 e. The van der Waals surface area contributed by atoms with E-state index in [1.165, 1.54) is 0 Å². The summed E-state index contributed by atoms with van der Waals surface area (Å²) in [7, 11) is 0. The third kappa shape index (κ3) is 2.09.